The maximum atomic E-state index is 13.3. The van der Waals surface area contributed by atoms with Gasteiger partial charge in [-0.05, 0) is 51.3 Å². The van der Waals surface area contributed by atoms with Gasteiger partial charge < -0.3 is 35.1 Å². The van der Waals surface area contributed by atoms with Gasteiger partial charge in [0, 0.05) is 42.8 Å². The number of hydrogen-bond acceptors (Lipinski definition) is 9. The minimum atomic E-state index is -0.165. The number of aryl methyl sites for hydroxylation is 1. The molecule has 39 heavy (non-hydrogen) atoms. The van der Waals surface area contributed by atoms with E-state index in [1.165, 1.54) is 0 Å². The number of methoxy groups -OCH3 is 2. The van der Waals surface area contributed by atoms with E-state index in [-0.39, 0.29) is 18.0 Å². The van der Waals surface area contributed by atoms with Crippen LogP contribution in [0.4, 0.5) is 17.5 Å². The molecule has 3 heterocycles. The van der Waals surface area contributed by atoms with Crippen molar-refractivity contribution in [1.82, 2.24) is 15.3 Å². The van der Waals surface area contributed by atoms with Crippen LogP contribution in [0.3, 0.4) is 0 Å². The minimum Gasteiger partial charge on any atom is -0.493 e. The lowest BCUT2D eigenvalue weighted by Crippen LogP contribution is -2.53. The standard InChI is InChI=1S/C29H38N6O4/c1-18-8-9-22(30)20(15-18)28(36)31-19(2)24-7-5-6-10-35(24)27-21-16-25(37-3)26(38-4)17-23(21)32-29(33-27)34-11-13-39-14-12-34/h8-9,15-17,19,24H,5-7,10-14,30H2,1-4H3,(H,31,36). The van der Waals surface area contributed by atoms with Gasteiger partial charge in [0.1, 0.15) is 5.82 Å². The first-order valence-electron chi connectivity index (χ1n) is 13.6. The molecule has 0 bridgehead atoms. The van der Waals surface area contributed by atoms with Gasteiger partial charge in [-0.1, -0.05) is 11.6 Å². The van der Waals surface area contributed by atoms with E-state index in [4.69, 9.17) is 29.9 Å². The number of nitrogens with zero attached hydrogens (tertiary/aromatic N) is 4. The summed E-state index contributed by atoms with van der Waals surface area (Å²) >= 11 is 0. The average Bonchev–Trinajstić information content (AvgIpc) is 2.97. The number of amides is 1. The number of rotatable bonds is 7. The van der Waals surface area contributed by atoms with E-state index in [0.29, 0.717) is 41.9 Å². The zero-order chi connectivity index (χ0) is 27.5. The number of carbonyl (C=O) groups is 1. The predicted octanol–water partition coefficient (Wildman–Crippen LogP) is 3.55. The Balaban J connectivity index is 1.54. The van der Waals surface area contributed by atoms with E-state index < -0.39 is 0 Å². The largest absolute Gasteiger partial charge is 0.493 e. The summed E-state index contributed by atoms with van der Waals surface area (Å²) in [6.07, 6.45) is 3.04. The van der Waals surface area contributed by atoms with Gasteiger partial charge in [-0.15, -0.1) is 0 Å². The monoisotopic (exact) mass is 534 g/mol. The molecule has 2 aliphatic rings. The van der Waals surface area contributed by atoms with Crippen molar-refractivity contribution < 1.29 is 19.0 Å². The first-order valence-corrected chi connectivity index (χ1v) is 13.6. The molecule has 2 aliphatic heterocycles. The Morgan fingerprint density at radius 1 is 1.08 bits per heavy atom. The van der Waals surface area contributed by atoms with Crippen molar-refractivity contribution in [3.63, 3.8) is 0 Å². The van der Waals surface area contributed by atoms with Crippen LogP contribution in [0.5, 0.6) is 11.5 Å². The maximum absolute atomic E-state index is 13.3. The number of carbonyl (C=O) groups excluding carboxylic acids is 1. The highest BCUT2D eigenvalue weighted by atomic mass is 16.5. The lowest BCUT2D eigenvalue weighted by molar-refractivity contribution is 0.0932. The topological polar surface area (TPSA) is 115 Å². The Hall–Kier alpha value is -3.79. The first-order chi connectivity index (χ1) is 18.9. The molecule has 0 aliphatic carbocycles. The Bertz CT molecular complexity index is 1340. The molecular weight excluding hydrogens is 496 g/mol. The lowest BCUT2D eigenvalue weighted by atomic mass is 9.95. The Labute approximate surface area is 229 Å². The normalized spacial score (nSPS) is 18.6. The van der Waals surface area contributed by atoms with Crippen LogP contribution in [-0.4, -0.2) is 75.0 Å². The molecule has 0 radical (unpaired) electrons. The third-order valence-corrected chi connectivity index (χ3v) is 7.67. The van der Waals surface area contributed by atoms with Crippen LogP contribution in [0.25, 0.3) is 10.9 Å². The number of ether oxygens (including phenoxy) is 3. The maximum Gasteiger partial charge on any atom is 0.253 e. The SMILES string of the molecule is COc1cc2nc(N3CCOCC3)nc(N3CCCCC3C(C)NC(=O)c3cc(C)ccc3N)c2cc1OC. The molecule has 2 unspecified atom stereocenters. The molecule has 2 atom stereocenters. The fraction of sp³-hybridized carbons (Fsp3) is 0.483. The molecule has 3 aromatic rings. The number of hydrogen-bond donors (Lipinski definition) is 2. The van der Waals surface area contributed by atoms with Gasteiger partial charge in [0.25, 0.3) is 5.91 Å². The summed E-state index contributed by atoms with van der Waals surface area (Å²) in [7, 11) is 3.26. The lowest BCUT2D eigenvalue weighted by Gasteiger charge is -2.41. The summed E-state index contributed by atoms with van der Waals surface area (Å²) in [6.45, 7) is 7.57. The highest BCUT2D eigenvalue weighted by molar-refractivity contribution is 5.99. The number of piperidine rings is 1. The molecule has 0 saturated carbocycles. The van der Waals surface area contributed by atoms with E-state index in [2.05, 4.69) is 22.0 Å². The third-order valence-electron chi connectivity index (χ3n) is 7.67. The van der Waals surface area contributed by atoms with E-state index >= 15 is 0 Å². The van der Waals surface area contributed by atoms with Crippen molar-refractivity contribution in [2.75, 3.05) is 62.6 Å². The predicted molar refractivity (Wildman–Crippen MR) is 153 cm³/mol. The number of nitrogens with two attached hydrogens (primary N) is 1. The molecule has 3 N–H and O–H groups in total. The highest BCUT2D eigenvalue weighted by Gasteiger charge is 2.32. The average molecular weight is 535 g/mol. The van der Waals surface area contributed by atoms with Gasteiger partial charge in [0.05, 0.1) is 44.6 Å². The van der Waals surface area contributed by atoms with Gasteiger partial charge in [-0.2, -0.15) is 4.98 Å². The molecule has 10 nitrogen and oxygen atoms in total. The molecule has 2 fully saturated rings. The van der Waals surface area contributed by atoms with Crippen LogP contribution in [0.15, 0.2) is 30.3 Å². The van der Waals surface area contributed by atoms with Crippen LogP contribution in [-0.2, 0) is 4.74 Å². The summed E-state index contributed by atoms with van der Waals surface area (Å²) in [5.41, 5.74) is 8.90. The second kappa shape index (κ2) is 11.5. The molecule has 2 aromatic carbocycles. The fourth-order valence-electron chi connectivity index (χ4n) is 5.54. The number of nitrogens with one attached hydrogen (secondary N) is 1. The van der Waals surface area contributed by atoms with Crippen molar-refractivity contribution >= 4 is 34.3 Å². The molecular formula is C29H38N6O4. The molecule has 208 valence electrons. The molecule has 1 amide bonds. The summed E-state index contributed by atoms with van der Waals surface area (Å²) < 4.78 is 16.8. The quantitative estimate of drug-likeness (QED) is 0.439. The van der Waals surface area contributed by atoms with Crippen LogP contribution in [0.2, 0.25) is 0 Å². The van der Waals surface area contributed by atoms with Crippen LogP contribution < -0.4 is 30.3 Å². The van der Waals surface area contributed by atoms with Gasteiger partial charge in [-0.3, -0.25) is 4.79 Å². The number of fused-ring (bicyclic) bond motifs is 1. The summed E-state index contributed by atoms with van der Waals surface area (Å²) in [5.74, 6) is 2.58. The van der Waals surface area contributed by atoms with Crippen molar-refractivity contribution in [2.45, 2.75) is 45.2 Å². The van der Waals surface area contributed by atoms with Gasteiger partial charge in [-0.25, -0.2) is 4.98 Å². The Morgan fingerprint density at radius 2 is 1.82 bits per heavy atom. The van der Waals surface area contributed by atoms with Crippen molar-refractivity contribution in [3.8, 4) is 11.5 Å². The van der Waals surface area contributed by atoms with Crippen molar-refractivity contribution in [2.24, 2.45) is 0 Å². The fourth-order valence-corrected chi connectivity index (χ4v) is 5.54. The summed E-state index contributed by atoms with van der Waals surface area (Å²) in [4.78, 5) is 27.8. The van der Waals surface area contributed by atoms with Crippen LogP contribution in [0, 0.1) is 6.92 Å². The molecule has 10 heteroatoms. The Kier molecular flexibility index (Phi) is 7.92. The van der Waals surface area contributed by atoms with Crippen molar-refractivity contribution in [3.05, 3.63) is 41.5 Å². The zero-order valence-electron chi connectivity index (χ0n) is 23.2. The minimum absolute atomic E-state index is 0.0393. The summed E-state index contributed by atoms with van der Waals surface area (Å²) in [6, 6.07) is 9.29. The van der Waals surface area contributed by atoms with Gasteiger partial charge >= 0.3 is 0 Å². The zero-order valence-corrected chi connectivity index (χ0v) is 23.2. The third kappa shape index (κ3) is 5.52. The van der Waals surface area contributed by atoms with E-state index in [1.54, 1.807) is 20.3 Å². The van der Waals surface area contributed by atoms with E-state index in [1.807, 2.05) is 31.2 Å². The van der Waals surface area contributed by atoms with Crippen LogP contribution in [0.1, 0.15) is 42.1 Å². The van der Waals surface area contributed by atoms with Gasteiger partial charge in [0.15, 0.2) is 11.5 Å². The highest BCUT2D eigenvalue weighted by Crippen LogP contribution is 2.38. The number of nitrogen functional groups attached to an aromatic ring is 1. The van der Waals surface area contributed by atoms with E-state index in [0.717, 1.165) is 61.2 Å². The number of aromatic nitrogens is 2. The molecule has 1 aromatic heterocycles. The summed E-state index contributed by atoms with van der Waals surface area (Å²) in [5, 5.41) is 4.11. The first kappa shape index (κ1) is 26.8. The Morgan fingerprint density at radius 3 is 2.56 bits per heavy atom. The number of anilines is 3. The van der Waals surface area contributed by atoms with E-state index in [9.17, 15) is 4.79 Å². The molecule has 5 rings (SSSR count). The number of benzene rings is 2. The second-order valence-corrected chi connectivity index (χ2v) is 10.3. The molecule has 0 spiro atoms. The van der Waals surface area contributed by atoms with Gasteiger partial charge in [0.2, 0.25) is 5.95 Å². The van der Waals surface area contributed by atoms with Crippen LogP contribution >= 0.6 is 0 Å². The smallest absolute Gasteiger partial charge is 0.253 e. The second-order valence-electron chi connectivity index (χ2n) is 10.3. The number of morpholine rings is 1. The molecule has 2 saturated heterocycles. The van der Waals surface area contributed by atoms with Crippen molar-refractivity contribution in [1.29, 1.82) is 0 Å².